The van der Waals surface area contributed by atoms with Gasteiger partial charge in [0.1, 0.15) is 6.04 Å². The molecule has 1 saturated heterocycles. The van der Waals surface area contributed by atoms with Gasteiger partial charge in [0.25, 0.3) is 0 Å². The number of carbonyl (C=O) groups is 2. The van der Waals surface area contributed by atoms with E-state index in [2.05, 4.69) is 11.4 Å². The maximum atomic E-state index is 12.0. The predicted molar refractivity (Wildman–Crippen MR) is 79.6 cm³/mol. The quantitative estimate of drug-likeness (QED) is 0.829. The topological polar surface area (TPSA) is 58.6 Å². The summed E-state index contributed by atoms with van der Waals surface area (Å²) in [5.74, 6) is -0.421. The number of carbonyl (C=O) groups excluding carboxylic acids is 2. The van der Waals surface area contributed by atoms with Gasteiger partial charge in [-0.3, -0.25) is 14.5 Å². The van der Waals surface area contributed by atoms with Crippen molar-refractivity contribution in [3.63, 3.8) is 0 Å². The summed E-state index contributed by atoms with van der Waals surface area (Å²) in [6, 6.07) is 7.75. The summed E-state index contributed by atoms with van der Waals surface area (Å²) in [7, 11) is 0. The molecule has 0 aromatic heterocycles. The standard InChI is InChI=1S/C16H22N2O3/c1-3-21-15(19)10-14-16(20)17-7-8-18(14)11-13-6-4-5-12(2)9-13/h4-6,9,14H,3,7-8,10-11H2,1-2H3,(H,17,20)/t14-/m0/s1. The van der Waals surface area contributed by atoms with Crippen LogP contribution in [-0.2, 0) is 20.9 Å². The van der Waals surface area contributed by atoms with Gasteiger partial charge in [-0.15, -0.1) is 0 Å². The van der Waals surface area contributed by atoms with E-state index in [0.29, 0.717) is 19.7 Å². The van der Waals surface area contributed by atoms with Crippen molar-refractivity contribution in [2.24, 2.45) is 0 Å². The zero-order chi connectivity index (χ0) is 15.2. The molecule has 0 spiro atoms. The van der Waals surface area contributed by atoms with Crippen molar-refractivity contribution in [2.75, 3.05) is 19.7 Å². The van der Waals surface area contributed by atoms with Gasteiger partial charge in [0.2, 0.25) is 5.91 Å². The van der Waals surface area contributed by atoms with Crippen LogP contribution < -0.4 is 5.32 Å². The number of nitrogens with one attached hydrogen (secondary N) is 1. The van der Waals surface area contributed by atoms with Crippen molar-refractivity contribution in [3.05, 3.63) is 35.4 Å². The van der Waals surface area contributed by atoms with Gasteiger partial charge in [0.15, 0.2) is 0 Å². The summed E-state index contributed by atoms with van der Waals surface area (Å²) < 4.78 is 4.97. The van der Waals surface area contributed by atoms with E-state index in [1.165, 1.54) is 5.56 Å². The Morgan fingerprint density at radius 2 is 2.29 bits per heavy atom. The van der Waals surface area contributed by atoms with Crippen LogP contribution in [0.25, 0.3) is 0 Å². The van der Waals surface area contributed by atoms with Crippen LogP contribution in [0.2, 0.25) is 0 Å². The number of esters is 1. The maximum Gasteiger partial charge on any atom is 0.307 e. The summed E-state index contributed by atoms with van der Waals surface area (Å²) in [4.78, 5) is 25.8. The second-order valence-corrected chi connectivity index (χ2v) is 5.28. The molecule has 114 valence electrons. The number of aryl methyl sites for hydroxylation is 1. The van der Waals surface area contributed by atoms with E-state index in [4.69, 9.17) is 4.74 Å². The number of hydrogen-bond acceptors (Lipinski definition) is 4. The van der Waals surface area contributed by atoms with E-state index in [-0.39, 0.29) is 18.3 Å². The number of piperazine rings is 1. The Bertz CT molecular complexity index is 516. The molecule has 0 radical (unpaired) electrons. The SMILES string of the molecule is CCOC(=O)C[C@H]1C(=O)NCCN1Cc1cccc(C)c1. The number of benzene rings is 1. The van der Waals surface area contributed by atoms with Gasteiger partial charge >= 0.3 is 5.97 Å². The van der Waals surface area contributed by atoms with Crippen LogP contribution in [0, 0.1) is 6.92 Å². The van der Waals surface area contributed by atoms with E-state index in [1.54, 1.807) is 6.92 Å². The lowest BCUT2D eigenvalue weighted by atomic mass is 10.1. The molecular formula is C16H22N2O3. The predicted octanol–water partition coefficient (Wildman–Crippen LogP) is 1.25. The van der Waals surface area contributed by atoms with Gasteiger partial charge in [-0.2, -0.15) is 0 Å². The summed E-state index contributed by atoms with van der Waals surface area (Å²) >= 11 is 0. The van der Waals surface area contributed by atoms with Crippen molar-refractivity contribution < 1.29 is 14.3 Å². The number of rotatable bonds is 5. The largest absolute Gasteiger partial charge is 0.466 e. The molecule has 1 N–H and O–H groups in total. The van der Waals surface area contributed by atoms with Crippen molar-refractivity contribution in [1.29, 1.82) is 0 Å². The van der Waals surface area contributed by atoms with E-state index in [1.807, 2.05) is 30.0 Å². The second kappa shape index (κ2) is 7.22. The van der Waals surface area contributed by atoms with Crippen molar-refractivity contribution >= 4 is 11.9 Å². The average molecular weight is 290 g/mol. The van der Waals surface area contributed by atoms with Gasteiger partial charge in [0, 0.05) is 19.6 Å². The van der Waals surface area contributed by atoms with Crippen LogP contribution in [0.4, 0.5) is 0 Å². The lowest BCUT2D eigenvalue weighted by Crippen LogP contribution is -2.55. The molecule has 1 aromatic carbocycles. The molecule has 1 aliphatic rings. The Kier molecular flexibility index (Phi) is 5.33. The molecule has 0 bridgehead atoms. The molecule has 1 fully saturated rings. The minimum Gasteiger partial charge on any atom is -0.466 e. The first kappa shape index (κ1) is 15.5. The lowest BCUT2D eigenvalue weighted by Gasteiger charge is -2.34. The minimum absolute atomic E-state index is 0.0954. The minimum atomic E-state index is -0.446. The normalized spacial score (nSPS) is 19.1. The first-order chi connectivity index (χ1) is 10.1. The Morgan fingerprint density at radius 1 is 1.48 bits per heavy atom. The third-order valence-electron chi connectivity index (χ3n) is 3.58. The van der Waals surface area contributed by atoms with Gasteiger partial charge in [0.05, 0.1) is 13.0 Å². The molecule has 0 saturated carbocycles. The molecule has 1 aliphatic heterocycles. The Labute approximate surface area is 125 Å². The molecule has 21 heavy (non-hydrogen) atoms. The highest BCUT2D eigenvalue weighted by Gasteiger charge is 2.31. The fourth-order valence-corrected chi connectivity index (χ4v) is 2.60. The molecule has 0 aliphatic carbocycles. The highest BCUT2D eigenvalue weighted by Crippen LogP contribution is 2.15. The van der Waals surface area contributed by atoms with Gasteiger partial charge in [-0.1, -0.05) is 29.8 Å². The summed E-state index contributed by atoms with van der Waals surface area (Å²) in [5, 5.41) is 2.82. The molecule has 5 heteroatoms. The van der Waals surface area contributed by atoms with E-state index >= 15 is 0 Å². The number of ether oxygens (including phenoxy) is 1. The summed E-state index contributed by atoms with van der Waals surface area (Å²) in [6.45, 7) is 6.17. The Hall–Kier alpha value is -1.88. The number of hydrogen-bond donors (Lipinski definition) is 1. The van der Waals surface area contributed by atoms with E-state index in [9.17, 15) is 9.59 Å². The molecule has 5 nitrogen and oxygen atoms in total. The Morgan fingerprint density at radius 3 is 3.00 bits per heavy atom. The third kappa shape index (κ3) is 4.29. The monoisotopic (exact) mass is 290 g/mol. The zero-order valence-electron chi connectivity index (χ0n) is 12.6. The molecule has 0 unspecified atom stereocenters. The Balaban J connectivity index is 2.07. The maximum absolute atomic E-state index is 12.0. The molecule has 1 heterocycles. The fraction of sp³-hybridized carbons (Fsp3) is 0.500. The van der Waals surface area contributed by atoms with Crippen LogP contribution in [0.3, 0.4) is 0 Å². The van der Waals surface area contributed by atoms with E-state index < -0.39 is 6.04 Å². The highest BCUT2D eigenvalue weighted by molar-refractivity contribution is 5.87. The van der Waals surface area contributed by atoms with E-state index in [0.717, 1.165) is 12.1 Å². The van der Waals surface area contributed by atoms with Gasteiger partial charge < -0.3 is 10.1 Å². The summed E-state index contributed by atoms with van der Waals surface area (Å²) in [6.07, 6.45) is 0.103. The molecular weight excluding hydrogens is 268 g/mol. The summed E-state index contributed by atoms with van der Waals surface area (Å²) in [5.41, 5.74) is 2.34. The van der Waals surface area contributed by atoms with Gasteiger partial charge in [-0.05, 0) is 19.4 Å². The first-order valence-electron chi connectivity index (χ1n) is 7.33. The lowest BCUT2D eigenvalue weighted by molar-refractivity contribution is -0.148. The number of amides is 1. The van der Waals surface area contributed by atoms with Crippen LogP contribution in [0.15, 0.2) is 24.3 Å². The number of nitrogens with zero attached hydrogens (tertiary/aromatic N) is 1. The van der Waals surface area contributed by atoms with Crippen molar-refractivity contribution in [3.8, 4) is 0 Å². The fourth-order valence-electron chi connectivity index (χ4n) is 2.60. The molecule has 2 rings (SSSR count). The zero-order valence-corrected chi connectivity index (χ0v) is 12.6. The molecule has 1 atom stereocenters. The third-order valence-corrected chi connectivity index (χ3v) is 3.58. The first-order valence-corrected chi connectivity index (χ1v) is 7.33. The van der Waals surface area contributed by atoms with Crippen LogP contribution in [0.5, 0.6) is 0 Å². The van der Waals surface area contributed by atoms with Gasteiger partial charge in [-0.25, -0.2) is 0 Å². The van der Waals surface area contributed by atoms with Crippen LogP contribution >= 0.6 is 0 Å². The van der Waals surface area contributed by atoms with Crippen LogP contribution in [0.1, 0.15) is 24.5 Å². The average Bonchev–Trinajstić information content (AvgIpc) is 2.43. The highest BCUT2D eigenvalue weighted by atomic mass is 16.5. The smallest absolute Gasteiger partial charge is 0.307 e. The van der Waals surface area contributed by atoms with Crippen molar-refractivity contribution in [2.45, 2.75) is 32.9 Å². The molecule has 1 amide bonds. The molecule has 1 aromatic rings. The van der Waals surface area contributed by atoms with Crippen molar-refractivity contribution in [1.82, 2.24) is 10.2 Å². The second-order valence-electron chi connectivity index (χ2n) is 5.28. The van der Waals surface area contributed by atoms with Crippen LogP contribution in [-0.4, -0.2) is 42.5 Å².